The SMILES string of the molecule is CCOC(=O)C1=CC(C)NN1c1ccc(F)cc1. The van der Waals surface area contributed by atoms with E-state index in [1.54, 1.807) is 30.1 Å². The fraction of sp³-hybridized carbons (Fsp3) is 0.308. The maximum Gasteiger partial charge on any atom is 0.356 e. The summed E-state index contributed by atoms with van der Waals surface area (Å²) in [6, 6.07) is 5.93. The third kappa shape index (κ3) is 2.51. The molecule has 0 bridgehead atoms. The van der Waals surface area contributed by atoms with Crippen LogP contribution in [0.3, 0.4) is 0 Å². The lowest BCUT2D eigenvalue weighted by Crippen LogP contribution is -2.38. The van der Waals surface area contributed by atoms with E-state index in [0.29, 0.717) is 18.0 Å². The van der Waals surface area contributed by atoms with Gasteiger partial charge in [0.1, 0.15) is 11.5 Å². The third-order valence-electron chi connectivity index (χ3n) is 2.55. The molecule has 0 aliphatic carbocycles. The standard InChI is InChI=1S/C13H15FN2O2/c1-3-18-13(17)12-8-9(2)15-16(12)11-6-4-10(14)5-7-11/h4-9,15H,3H2,1-2H3. The molecule has 0 radical (unpaired) electrons. The van der Waals surface area contributed by atoms with Crippen molar-refractivity contribution < 1.29 is 13.9 Å². The molecular formula is C13H15FN2O2. The fourth-order valence-electron chi connectivity index (χ4n) is 1.79. The Kier molecular flexibility index (Phi) is 3.62. The number of carbonyl (C=O) groups excluding carboxylic acids is 1. The molecule has 2 rings (SSSR count). The van der Waals surface area contributed by atoms with Gasteiger partial charge in [-0.3, -0.25) is 5.01 Å². The van der Waals surface area contributed by atoms with Gasteiger partial charge >= 0.3 is 5.97 Å². The number of halogens is 1. The van der Waals surface area contributed by atoms with Gasteiger partial charge < -0.3 is 4.74 Å². The first kappa shape index (κ1) is 12.6. The fourth-order valence-corrected chi connectivity index (χ4v) is 1.79. The molecule has 4 nitrogen and oxygen atoms in total. The summed E-state index contributed by atoms with van der Waals surface area (Å²) in [6.07, 6.45) is 1.78. The van der Waals surface area contributed by atoms with Gasteiger partial charge in [0.25, 0.3) is 0 Å². The maximum atomic E-state index is 12.9. The van der Waals surface area contributed by atoms with E-state index >= 15 is 0 Å². The smallest absolute Gasteiger partial charge is 0.356 e. The van der Waals surface area contributed by atoms with Crippen LogP contribution in [0.4, 0.5) is 10.1 Å². The summed E-state index contributed by atoms with van der Waals surface area (Å²) in [6.45, 7) is 4.00. The molecule has 1 heterocycles. The van der Waals surface area contributed by atoms with Crippen LogP contribution in [0, 0.1) is 5.82 Å². The van der Waals surface area contributed by atoms with Gasteiger partial charge in [-0.25, -0.2) is 14.6 Å². The molecule has 5 heteroatoms. The Balaban J connectivity index is 2.24. The zero-order chi connectivity index (χ0) is 13.1. The second kappa shape index (κ2) is 5.18. The van der Waals surface area contributed by atoms with Gasteiger partial charge in [-0.2, -0.15) is 0 Å². The van der Waals surface area contributed by atoms with Gasteiger partial charge in [-0.1, -0.05) is 0 Å². The Morgan fingerprint density at radius 3 is 2.72 bits per heavy atom. The Morgan fingerprint density at radius 1 is 1.44 bits per heavy atom. The van der Waals surface area contributed by atoms with Crippen LogP contribution >= 0.6 is 0 Å². The Morgan fingerprint density at radius 2 is 2.11 bits per heavy atom. The van der Waals surface area contributed by atoms with Crippen molar-refractivity contribution in [3.05, 3.63) is 41.9 Å². The predicted molar refractivity (Wildman–Crippen MR) is 66.2 cm³/mol. The third-order valence-corrected chi connectivity index (χ3v) is 2.55. The molecule has 1 N–H and O–H groups in total. The maximum absolute atomic E-state index is 12.9. The second-order valence-electron chi connectivity index (χ2n) is 4.00. The van der Waals surface area contributed by atoms with Gasteiger partial charge in [0.05, 0.1) is 12.3 Å². The summed E-state index contributed by atoms with van der Waals surface area (Å²) in [4.78, 5) is 11.8. The summed E-state index contributed by atoms with van der Waals surface area (Å²) in [5.74, 6) is -0.702. The largest absolute Gasteiger partial charge is 0.461 e. The highest BCUT2D eigenvalue weighted by molar-refractivity contribution is 5.93. The number of hydrogen-bond donors (Lipinski definition) is 1. The Labute approximate surface area is 105 Å². The van der Waals surface area contributed by atoms with Crippen LogP contribution < -0.4 is 10.4 Å². The Bertz CT molecular complexity index is 470. The highest BCUT2D eigenvalue weighted by atomic mass is 19.1. The van der Waals surface area contributed by atoms with E-state index in [0.717, 1.165) is 0 Å². The van der Waals surface area contributed by atoms with Crippen molar-refractivity contribution in [2.45, 2.75) is 19.9 Å². The van der Waals surface area contributed by atoms with Crippen molar-refractivity contribution in [1.29, 1.82) is 0 Å². The van der Waals surface area contributed by atoms with Gasteiger partial charge in [0.2, 0.25) is 0 Å². The van der Waals surface area contributed by atoms with E-state index in [9.17, 15) is 9.18 Å². The van der Waals surface area contributed by atoms with Crippen LogP contribution in [0.25, 0.3) is 0 Å². The van der Waals surface area contributed by atoms with E-state index in [4.69, 9.17) is 4.74 Å². The van der Waals surface area contributed by atoms with E-state index in [1.165, 1.54) is 12.1 Å². The second-order valence-corrected chi connectivity index (χ2v) is 4.00. The van der Waals surface area contributed by atoms with Crippen molar-refractivity contribution in [2.75, 3.05) is 11.6 Å². The first-order valence-corrected chi connectivity index (χ1v) is 5.82. The van der Waals surface area contributed by atoms with E-state index in [2.05, 4.69) is 5.43 Å². The number of nitrogens with zero attached hydrogens (tertiary/aromatic N) is 1. The van der Waals surface area contributed by atoms with E-state index < -0.39 is 5.97 Å². The first-order chi connectivity index (χ1) is 8.61. The van der Waals surface area contributed by atoms with Crippen LogP contribution in [0.15, 0.2) is 36.0 Å². The lowest BCUT2D eigenvalue weighted by molar-refractivity contribution is -0.138. The number of benzene rings is 1. The number of rotatable bonds is 3. The molecule has 0 spiro atoms. The molecule has 96 valence electrons. The first-order valence-electron chi connectivity index (χ1n) is 5.82. The number of anilines is 1. The minimum absolute atomic E-state index is 0.0226. The molecule has 1 aliphatic rings. The quantitative estimate of drug-likeness (QED) is 0.833. The molecule has 1 aromatic rings. The van der Waals surface area contributed by atoms with Crippen LogP contribution in [-0.2, 0) is 9.53 Å². The summed E-state index contributed by atoms with van der Waals surface area (Å²) in [7, 11) is 0. The molecule has 1 aromatic carbocycles. The summed E-state index contributed by atoms with van der Waals surface area (Å²) in [5, 5.41) is 1.61. The van der Waals surface area contributed by atoms with E-state index in [1.807, 2.05) is 6.92 Å². The molecular weight excluding hydrogens is 235 g/mol. The van der Waals surface area contributed by atoms with Gasteiger partial charge in [-0.05, 0) is 44.2 Å². The highest BCUT2D eigenvalue weighted by Crippen LogP contribution is 2.23. The minimum Gasteiger partial charge on any atom is -0.461 e. The summed E-state index contributed by atoms with van der Waals surface area (Å²) >= 11 is 0. The lowest BCUT2D eigenvalue weighted by atomic mass is 10.2. The van der Waals surface area contributed by atoms with Crippen molar-refractivity contribution in [2.24, 2.45) is 0 Å². The van der Waals surface area contributed by atoms with Gasteiger partial charge in [0.15, 0.2) is 0 Å². The Hall–Kier alpha value is -1.88. The number of ether oxygens (including phenoxy) is 1. The zero-order valence-corrected chi connectivity index (χ0v) is 10.3. The normalized spacial score (nSPS) is 18.7. The number of esters is 1. The summed E-state index contributed by atoms with van der Waals surface area (Å²) in [5.41, 5.74) is 4.22. The lowest BCUT2D eigenvalue weighted by Gasteiger charge is -2.22. The molecule has 1 atom stereocenters. The number of hydrazine groups is 1. The van der Waals surface area contributed by atoms with Crippen molar-refractivity contribution in [1.82, 2.24) is 5.43 Å². The number of carbonyl (C=O) groups is 1. The van der Waals surface area contributed by atoms with E-state index in [-0.39, 0.29) is 11.9 Å². The number of nitrogens with one attached hydrogen (secondary N) is 1. The van der Waals surface area contributed by atoms with Gasteiger partial charge in [0, 0.05) is 6.04 Å². The van der Waals surface area contributed by atoms with Crippen molar-refractivity contribution >= 4 is 11.7 Å². The molecule has 18 heavy (non-hydrogen) atoms. The topological polar surface area (TPSA) is 41.6 Å². The van der Waals surface area contributed by atoms with Crippen LogP contribution in [0.2, 0.25) is 0 Å². The van der Waals surface area contributed by atoms with Crippen LogP contribution in [0.1, 0.15) is 13.8 Å². The monoisotopic (exact) mass is 250 g/mol. The average Bonchev–Trinajstić information content (AvgIpc) is 2.73. The van der Waals surface area contributed by atoms with Gasteiger partial charge in [-0.15, -0.1) is 0 Å². The minimum atomic E-state index is -0.390. The average molecular weight is 250 g/mol. The molecule has 1 unspecified atom stereocenters. The molecule has 0 aromatic heterocycles. The highest BCUT2D eigenvalue weighted by Gasteiger charge is 2.27. The molecule has 1 aliphatic heterocycles. The summed E-state index contributed by atoms with van der Waals surface area (Å²) < 4.78 is 17.9. The van der Waals surface area contributed by atoms with Crippen molar-refractivity contribution in [3.63, 3.8) is 0 Å². The molecule has 0 saturated carbocycles. The van der Waals surface area contributed by atoms with Crippen molar-refractivity contribution in [3.8, 4) is 0 Å². The van der Waals surface area contributed by atoms with Crippen LogP contribution in [0.5, 0.6) is 0 Å². The molecule has 0 saturated heterocycles. The number of hydrogen-bond acceptors (Lipinski definition) is 4. The van der Waals surface area contributed by atoms with Crippen LogP contribution in [-0.4, -0.2) is 18.6 Å². The molecule has 0 amide bonds. The zero-order valence-electron chi connectivity index (χ0n) is 10.3. The predicted octanol–water partition coefficient (Wildman–Crippen LogP) is 1.99. The molecule has 0 fully saturated rings.